The molecule has 5 aromatic rings. The second-order valence-corrected chi connectivity index (χ2v) is 18.5. The Morgan fingerprint density at radius 1 is 0.730 bits per heavy atom. The number of aromatic amines is 2. The van der Waals surface area contributed by atoms with Gasteiger partial charge in [0, 0.05) is 42.2 Å². The SMILES string of the molecule is COC(=O)N[C@H](C(=O)N1CCC[C@H]1c1ncc(-c2ccc3c(c2)CC(C2CC2)c2c-3n(C)c3ccc(-c4cnc([C@@H]5CCCN5C(=O)[C@@H](NC(=O)OC)C(C)C)[nH]4)cc23)[nH]1)C(C)C. The monoisotopic (exact) mass is 857 g/mol. The first kappa shape index (κ1) is 42.2. The molecule has 2 saturated heterocycles. The molecule has 2 aliphatic heterocycles. The lowest BCUT2D eigenvalue weighted by molar-refractivity contribution is -0.136. The molecule has 0 radical (unpaired) electrons. The van der Waals surface area contributed by atoms with E-state index in [1.54, 1.807) is 0 Å². The van der Waals surface area contributed by atoms with Crippen LogP contribution >= 0.6 is 0 Å². The van der Waals surface area contributed by atoms with Crippen molar-refractivity contribution in [3.63, 3.8) is 0 Å². The van der Waals surface area contributed by atoms with E-state index in [1.165, 1.54) is 60.3 Å². The van der Waals surface area contributed by atoms with E-state index < -0.39 is 24.3 Å². The molecular weight excluding hydrogens is 799 g/mol. The van der Waals surface area contributed by atoms with Gasteiger partial charge in [0.25, 0.3) is 0 Å². The van der Waals surface area contributed by atoms with E-state index in [0.717, 1.165) is 66.3 Å². The Bertz CT molecular complexity index is 2570. The van der Waals surface area contributed by atoms with Crippen LogP contribution in [0.5, 0.6) is 0 Å². The molecule has 5 atom stereocenters. The molecular formula is C48H59N9O6. The molecule has 2 aromatic carbocycles. The molecule has 15 heteroatoms. The molecule has 63 heavy (non-hydrogen) atoms. The van der Waals surface area contributed by atoms with Gasteiger partial charge in [-0.05, 0) is 104 Å². The number of aryl methyl sites for hydroxylation is 1. The highest BCUT2D eigenvalue weighted by atomic mass is 16.5. The third-order valence-electron chi connectivity index (χ3n) is 13.9. The van der Waals surface area contributed by atoms with Gasteiger partial charge >= 0.3 is 12.2 Å². The van der Waals surface area contributed by atoms with Crippen LogP contribution in [0.25, 0.3) is 44.7 Å². The number of imidazole rings is 2. The molecule has 4 aliphatic rings. The van der Waals surface area contributed by atoms with Crippen molar-refractivity contribution in [3.05, 3.63) is 71.6 Å². The van der Waals surface area contributed by atoms with Crippen LogP contribution in [0.1, 0.15) is 107 Å². The second-order valence-electron chi connectivity index (χ2n) is 18.5. The third-order valence-corrected chi connectivity index (χ3v) is 13.9. The summed E-state index contributed by atoms with van der Waals surface area (Å²) in [5.74, 6) is 2.04. The molecule has 332 valence electrons. The summed E-state index contributed by atoms with van der Waals surface area (Å²) in [6.45, 7) is 8.88. The van der Waals surface area contributed by atoms with E-state index >= 15 is 0 Å². The van der Waals surface area contributed by atoms with Crippen LogP contribution in [-0.4, -0.2) is 97.7 Å². The van der Waals surface area contributed by atoms with Crippen molar-refractivity contribution in [2.75, 3.05) is 27.3 Å². The molecule has 3 aromatic heterocycles. The summed E-state index contributed by atoms with van der Waals surface area (Å²) in [6.07, 6.45) is 9.19. The maximum absolute atomic E-state index is 13.8. The Morgan fingerprint density at radius 3 is 1.76 bits per heavy atom. The summed E-state index contributed by atoms with van der Waals surface area (Å²) in [7, 11) is 4.78. The number of nitrogens with one attached hydrogen (secondary N) is 4. The highest BCUT2D eigenvalue weighted by molar-refractivity contribution is 5.97. The number of nitrogens with zero attached hydrogens (tertiary/aromatic N) is 5. The highest BCUT2D eigenvalue weighted by Crippen LogP contribution is 2.54. The maximum Gasteiger partial charge on any atom is 0.407 e. The number of H-pyrrole nitrogens is 2. The summed E-state index contributed by atoms with van der Waals surface area (Å²) < 4.78 is 12.0. The van der Waals surface area contributed by atoms with Crippen LogP contribution in [0, 0.1) is 17.8 Å². The molecule has 4 N–H and O–H groups in total. The average molecular weight is 858 g/mol. The fourth-order valence-corrected chi connectivity index (χ4v) is 10.4. The first-order valence-electron chi connectivity index (χ1n) is 22.5. The van der Waals surface area contributed by atoms with E-state index in [9.17, 15) is 19.2 Å². The summed E-state index contributed by atoms with van der Waals surface area (Å²) >= 11 is 0. The van der Waals surface area contributed by atoms with Gasteiger partial charge in [-0.1, -0.05) is 45.9 Å². The van der Waals surface area contributed by atoms with E-state index in [-0.39, 0.29) is 35.7 Å². The lowest BCUT2D eigenvalue weighted by atomic mass is 9.78. The fourth-order valence-electron chi connectivity index (χ4n) is 10.4. The Balaban J connectivity index is 0.987. The number of likely N-dealkylation sites (tertiary alicyclic amines) is 2. The van der Waals surface area contributed by atoms with E-state index in [2.05, 4.69) is 68.6 Å². The lowest BCUT2D eigenvalue weighted by Crippen LogP contribution is -2.51. The van der Waals surface area contributed by atoms with Crippen LogP contribution < -0.4 is 10.6 Å². The van der Waals surface area contributed by atoms with E-state index in [4.69, 9.17) is 19.4 Å². The van der Waals surface area contributed by atoms with Crippen molar-refractivity contribution in [1.29, 1.82) is 0 Å². The van der Waals surface area contributed by atoms with Crippen LogP contribution in [0.2, 0.25) is 0 Å². The number of benzene rings is 2. The van der Waals surface area contributed by atoms with Gasteiger partial charge in [-0.2, -0.15) is 0 Å². The minimum absolute atomic E-state index is 0.106. The molecule has 4 amide bonds. The van der Waals surface area contributed by atoms with Gasteiger partial charge in [0.05, 0.1) is 55.8 Å². The van der Waals surface area contributed by atoms with Crippen molar-refractivity contribution >= 4 is 34.9 Å². The quantitative estimate of drug-likeness (QED) is 0.104. The zero-order valence-corrected chi connectivity index (χ0v) is 37.3. The maximum atomic E-state index is 13.8. The van der Waals surface area contributed by atoms with Gasteiger partial charge in [0.2, 0.25) is 11.8 Å². The molecule has 0 bridgehead atoms. The van der Waals surface area contributed by atoms with E-state index in [0.29, 0.717) is 24.9 Å². The number of ether oxygens (including phenoxy) is 2. The van der Waals surface area contributed by atoms with E-state index in [1.807, 2.05) is 49.9 Å². The number of fused-ring (bicyclic) bond motifs is 5. The number of rotatable bonds is 11. The first-order chi connectivity index (χ1) is 30.4. The van der Waals surface area contributed by atoms with Gasteiger partial charge in [-0.3, -0.25) is 9.59 Å². The summed E-state index contributed by atoms with van der Waals surface area (Å²) in [6, 6.07) is 11.6. The molecule has 2 aliphatic carbocycles. The molecule has 1 unspecified atom stereocenters. The Hall–Kier alpha value is -6.12. The predicted octanol–water partition coefficient (Wildman–Crippen LogP) is 7.76. The topological polar surface area (TPSA) is 180 Å². The number of aromatic nitrogens is 5. The number of carbonyl (C=O) groups excluding carboxylic acids is 4. The number of amides is 4. The third kappa shape index (κ3) is 7.73. The summed E-state index contributed by atoms with van der Waals surface area (Å²) in [5, 5.41) is 6.73. The zero-order chi connectivity index (χ0) is 44.3. The van der Waals surface area contributed by atoms with Gasteiger partial charge in [-0.25, -0.2) is 19.6 Å². The van der Waals surface area contributed by atoms with Gasteiger partial charge in [0.1, 0.15) is 23.7 Å². The van der Waals surface area contributed by atoms with Crippen LogP contribution in [-0.2, 0) is 32.5 Å². The number of hydrogen-bond acceptors (Lipinski definition) is 8. The standard InChI is InChI=1S/C48H59N9O6/c1-25(2)40(53-47(60)62-6)45(58)56-18-8-10-37(56)43-49-23-34(51-43)28-14-16-31-30(20-28)22-32(27-12-13-27)39-33-21-29(15-17-36(33)55(5)42(31)39)35-24-50-44(52-35)38-11-9-19-57(38)46(59)41(26(3)4)54-48(61)63-7/h14-17,20-21,23-27,32,37-38,40-41H,8-13,18-19,22H2,1-7H3,(H,49,51)(H,50,52)(H,53,60)(H,54,61)/t32?,37-,38-,40-,41-/m0/s1. The zero-order valence-electron chi connectivity index (χ0n) is 37.3. The predicted molar refractivity (Wildman–Crippen MR) is 238 cm³/mol. The first-order valence-corrected chi connectivity index (χ1v) is 22.5. The number of hydrogen-bond donors (Lipinski definition) is 4. The molecule has 9 rings (SSSR count). The van der Waals surface area contributed by atoms with Crippen molar-refractivity contribution < 1.29 is 28.7 Å². The van der Waals surface area contributed by atoms with Crippen LogP contribution in [0.4, 0.5) is 9.59 Å². The normalized spacial score (nSPS) is 20.5. The summed E-state index contributed by atoms with van der Waals surface area (Å²) in [5.41, 5.74) is 10.4. The summed E-state index contributed by atoms with van der Waals surface area (Å²) in [4.78, 5) is 72.2. The molecule has 5 heterocycles. The smallest absolute Gasteiger partial charge is 0.407 e. The van der Waals surface area contributed by atoms with Crippen molar-refractivity contribution in [2.45, 2.75) is 103 Å². The van der Waals surface area contributed by atoms with Crippen LogP contribution in [0.3, 0.4) is 0 Å². The van der Waals surface area contributed by atoms with Crippen molar-refractivity contribution in [3.8, 4) is 33.8 Å². The largest absolute Gasteiger partial charge is 0.453 e. The fraction of sp³-hybridized carbons (Fsp3) is 0.500. The van der Waals surface area contributed by atoms with Crippen molar-refractivity contribution in [2.24, 2.45) is 24.8 Å². The number of carbonyl (C=O) groups is 4. The highest BCUT2D eigenvalue weighted by Gasteiger charge is 2.41. The van der Waals surface area contributed by atoms with Crippen molar-refractivity contribution in [1.82, 2.24) is 44.9 Å². The Kier molecular flexibility index (Phi) is 11.3. The molecule has 0 spiro atoms. The molecule has 15 nitrogen and oxygen atoms in total. The van der Waals surface area contributed by atoms with Gasteiger partial charge in [0.15, 0.2) is 0 Å². The van der Waals surface area contributed by atoms with Gasteiger partial charge < -0.3 is 44.4 Å². The average Bonchev–Trinajstić information content (AvgIpc) is 3.83. The lowest BCUT2D eigenvalue weighted by Gasteiger charge is -2.30. The molecule has 1 saturated carbocycles. The number of alkyl carbamates (subject to hydrolysis) is 2. The molecule has 3 fully saturated rings. The second kappa shape index (κ2) is 16.9. The Morgan fingerprint density at radius 2 is 1.25 bits per heavy atom. The van der Waals surface area contributed by atoms with Crippen LogP contribution in [0.15, 0.2) is 48.8 Å². The minimum Gasteiger partial charge on any atom is -0.453 e. The minimum atomic E-state index is -0.692. The number of methoxy groups -OCH3 is 2. The Labute approximate surface area is 367 Å². The van der Waals surface area contributed by atoms with Gasteiger partial charge in [-0.15, -0.1) is 0 Å².